The van der Waals surface area contributed by atoms with E-state index in [0.717, 1.165) is 46.9 Å². The van der Waals surface area contributed by atoms with Crippen molar-refractivity contribution in [3.8, 4) is 5.75 Å². The minimum Gasteiger partial charge on any atom is -0.493 e. The quantitative estimate of drug-likeness (QED) is 0.696. The average molecular weight is 423 g/mol. The first-order chi connectivity index (χ1) is 14.7. The first-order valence-electron chi connectivity index (χ1n) is 10.4. The highest BCUT2D eigenvalue weighted by molar-refractivity contribution is 8.13. The molecule has 30 heavy (non-hydrogen) atoms. The Hall–Kier alpha value is -2.80. The van der Waals surface area contributed by atoms with Crippen molar-refractivity contribution in [1.29, 1.82) is 0 Å². The molecule has 0 bridgehead atoms. The number of fused-ring (bicyclic) bond motifs is 2. The van der Waals surface area contributed by atoms with Crippen LogP contribution in [0.1, 0.15) is 44.8 Å². The van der Waals surface area contributed by atoms with Gasteiger partial charge in [0.15, 0.2) is 11.3 Å². The van der Waals surface area contributed by atoms with Gasteiger partial charge in [0.2, 0.25) is 0 Å². The lowest BCUT2D eigenvalue weighted by Gasteiger charge is -2.34. The summed E-state index contributed by atoms with van der Waals surface area (Å²) < 4.78 is 5.99. The molecule has 0 aliphatic carbocycles. The van der Waals surface area contributed by atoms with Gasteiger partial charge in [-0.25, -0.2) is 5.01 Å². The number of amidine groups is 1. The average Bonchev–Trinajstić information content (AvgIpc) is 2.77. The molecular weight excluding hydrogens is 396 g/mol. The number of thioether (sulfide) groups is 1. The number of hydrogen-bond donors (Lipinski definition) is 1. The molecule has 0 fully saturated rings. The fraction of sp³-hybridized carbons (Fsp3) is 0.348. The molecule has 7 heteroatoms. The number of hydrazone groups is 1. The zero-order valence-electron chi connectivity index (χ0n) is 17.3. The fourth-order valence-electron chi connectivity index (χ4n) is 3.45. The van der Waals surface area contributed by atoms with E-state index in [9.17, 15) is 4.79 Å². The van der Waals surface area contributed by atoms with Crippen molar-refractivity contribution in [2.75, 3.05) is 12.4 Å². The van der Waals surface area contributed by atoms with Crippen LogP contribution in [0.5, 0.6) is 5.75 Å². The van der Waals surface area contributed by atoms with Crippen LogP contribution in [0.2, 0.25) is 0 Å². The largest absolute Gasteiger partial charge is 0.493 e. The van der Waals surface area contributed by atoms with Gasteiger partial charge in [-0.05, 0) is 25.0 Å². The van der Waals surface area contributed by atoms with Crippen LogP contribution in [0.3, 0.4) is 0 Å². The first-order valence-corrected chi connectivity index (χ1v) is 11.4. The van der Waals surface area contributed by atoms with Crippen molar-refractivity contribution in [2.24, 2.45) is 10.1 Å². The Kier molecular flexibility index (Phi) is 6.38. The van der Waals surface area contributed by atoms with E-state index >= 15 is 0 Å². The molecule has 1 amide bonds. The van der Waals surface area contributed by atoms with Gasteiger partial charge in [0.1, 0.15) is 11.4 Å². The molecule has 0 spiro atoms. The van der Waals surface area contributed by atoms with Crippen molar-refractivity contribution in [1.82, 2.24) is 10.3 Å². The normalized spacial score (nSPS) is 17.5. The molecule has 2 aromatic carbocycles. The number of para-hydroxylation sites is 2. The number of carbonyl (C=O) groups is 1. The van der Waals surface area contributed by atoms with Crippen molar-refractivity contribution < 1.29 is 9.53 Å². The summed E-state index contributed by atoms with van der Waals surface area (Å²) in [7, 11) is 0. The third kappa shape index (κ3) is 4.07. The van der Waals surface area contributed by atoms with Gasteiger partial charge >= 0.3 is 0 Å². The third-order valence-electron chi connectivity index (χ3n) is 4.91. The summed E-state index contributed by atoms with van der Waals surface area (Å²) in [5, 5.41) is 11.7. The molecule has 0 radical (unpaired) electrons. The maximum absolute atomic E-state index is 13.1. The van der Waals surface area contributed by atoms with Crippen LogP contribution in [0.15, 0.2) is 58.6 Å². The van der Waals surface area contributed by atoms with E-state index in [-0.39, 0.29) is 5.91 Å². The van der Waals surface area contributed by atoms with Gasteiger partial charge in [0, 0.05) is 16.5 Å². The van der Waals surface area contributed by atoms with Crippen molar-refractivity contribution in [2.45, 2.75) is 39.3 Å². The molecule has 4 rings (SSSR count). The Morgan fingerprint density at radius 2 is 1.90 bits per heavy atom. The van der Waals surface area contributed by atoms with Crippen LogP contribution in [-0.2, 0) is 4.79 Å². The van der Waals surface area contributed by atoms with Gasteiger partial charge in [-0.1, -0.05) is 68.4 Å². The van der Waals surface area contributed by atoms with Gasteiger partial charge < -0.3 is 4.74 Å². The highest BCUT2D eigenvalue weighted by atomic mass is 32.2. The van der Waals surface area contributed by atoms with Crippen molar-refractivity contribution in [3.05, 3.63) is 64.7 Å². The van der Waals surface area contributed by atoms with Crippen molar-refractivity contribution in [3.63, 3.8) is 0 Å². The first kappa shape index (κ1) is 20.5. The lowest BCUT2D eigenvalue weighted by atomic mass is 10.1. The summed E-state index contributed by atoms with van der Waals surface area (Å²) in [6.07, 6.45) is 2.62. The van der Waals surface area contributed by atoms with Crippen LogP contribution < -0.4 is 20.6 Å². The summed E-state index contributed by atoms with van der Waals surface area (Å²) in [5.41, 5.74) is 1.42. The molecule has 1 atom stereocenters. The molecule has 2 aliphatic heterocycles. The predicted octanol–water partition coefficient (Wildman–Crippen LogP) is 3.15. The van der Waals surface area contributed by atoms with Gasteiger partial charge in [0.25, 0.3) is 5.91 Å². The molecule has 0 aromatic heterocycles. The Labute approximate surface area is 180 Å². The summed E-state index contributed by atoms with van der Waals surface area (Å²) in [6.45, 7) is 4.85. The Morgan fingerprint density at radius 1 is 1.10 bits per heavy atom. The molecule has 156 valence electrons. The molecule has 0 unspecified atom stereocenters. The second-order valence-electron chi connectivity index (χ2n) is 7.16. The molecule has 1 N–H and O–H groups in total. The fourth-order valence-corrected chi connectivity index (χ4v) is 4.38. The van der Waals surface area contributed by atoms with Gasteiger partial charge in [0.05, 0.1) is 12.0 Å². The standard InChI is InChI=1S/C23H26N4O2S/c1-3-5-15-30-23-25-22(28)20-16-10-6-8-12-18(16)24-21(27(20)26-23)17-11-7-9-13-19(17)29-14-4-2/h6-13,21H,3-5,14-15H2,1-2H3,(H,25,26,28)/t21-/m0/s1. The molecule has 0 saturated heterocycles. The molecule has 2 heterocycles. The molecule has 2 aliphatic rings. The number of amides is 1. The van der Waals surface area contributed by atoms with E-state index in [2.05, 4.69) is 19.2 Å². The summed E-state index contributed by atoms with van der Waals surface area (Å²) in [4.78, 5) is 18.1. The lowest BCUT2D eigenvalue weighted by molar-refractivity contribution is -0.116. The van der Waals surface area contributed by atoms with Gasteiger partial charge in [-0.3, -0.25) is 15.1 Å². The second kappa shape index (κ2) is 9.34. The maximum Gasteiger partial charge on any atom is 0.276 e. The number of carbonyl (C=O) groups excluding carboxylic acids is 1. The molecular formula is C23H26N4O2S. The van der Waals surface area contributed by atoms with E-state index in [0.29, 0.717) is 17.5 Å². The molecule has 6 nitrogen and oxygen atoms in total. The third-order valence-corrected chi connectivity index (χ3v) is 5.86. The number of nitrogens with zero attached hydrogens (tertiary/aromatic N) is 3. The van der Waals surface area contributed by atoms with E-state index in [1.54, 1.807) is 16.8 Å². The summed E-state index contributed by atoms with van der Waals surface area (Å²) in [5.74, 6) is 1.53. The Bertz CT molecular complexity index is 1080. The van der Waals surface area contributed by atoms with Gasteiger partial charge in [-0.2, -0.15) is 0 Å². The van der Waals surface area contributed by atoms with E-state index in [1.165, 1.54) is 0 Å². The SMILES string of the molecule is CCCCSC1=NN2C(=c3ccccc3=N[C@@H]2c2ccccc2OCCC)C(=O)N1. The van der Waals surface area contributed by atoms with Gasteiger partial charge in [-0.15, -0.1) is 5.10 Å². The minimum absolute atomic E-state index is 0.150. The van der Waals surface area contributed by atoms with Crippen LogP contribution >= 0.6 is 11.8 Å². The number of rotatable bonds is 7. The van der Waals surface area contributed by atoms with Crippen LogP contribution in [0.4, 0.5) is 0 Å². The summed E-state index contributed by atoms with van der Waals surface area (Å²) >= 11 is 1.57. The van der Waals surface area contributed by atoms with E-state index in [1.807, 2.05) is 48.5 Å². The zero-order valence-corrected chi connectivity index (χ0v) is 18.1. The predicted molar refractivity (Wildman–Crippen MR) is 120 cm³/mol. The number of benzene rings is 2. The number of nitrogens with one attached hydrogen (secondary N) is 1. The van der Waals surface area contributed by atoms with Crippen LogP contribution in [-0.4, -0.2) is 28.4 Å². The number of hydrogen-bond acceptors (Lipinski definition) is 6. The van der Waals surface area contributed by atoms with Crippen molar-refractivity contribution >= 4 is 28.5 Å². The molecule has 2 aromatic rings. The maximum atomic E-state index is 13.1. The molecule has 0 saturated carbocycles. The number of unbranched alkanes of at least 4 members (excludes halogenated alkanes) is 1. The van der Waals surface area contributed by atoms with Crippen LogP contribution in [0.25, 0.3) is 5.70 Å². The highest BCUT2D eigenvalue weighted by Gasteiger charge is 2.35. The smallest absolute Gasteiger partial charge is 0.276 e. The Morgan fingerprint density at radius 3 is 2.73 bits per heavy atom. The van der Waals surface area contributed by atoms with E-state index < -0.39 is 6.17 Å². The minimum atomic E-state index is -0.462. The highest BCUT2D eigenvalue weighted by Crippen LogP contribution is 2.35. The number of ether oxygens (including phenoxy) is 1. The van der Waals surface area contributed by atoms with E-state index in [4.69, 9.17) is 14.8 Å². The second-order valence-corrected chi connectivity index (χ2v) is 8.24. The lowest BCUT2D eigenvalue weighted by Crippen LogP contribution is -2.50. The monoisotopic (exact) mass is 422 g/mol. The Balaban J connectivity index is 1.83. The summed E-state index contributed by atoms with van der Waals surface area (Å²) in [6, 6.07) is 15.6. The van der Waals surface area contributed by atoms with Crippen LogP contribution in [0, 0.1) is 0 Å². The zero-order chi connectivity index (χ0) is 20.9. The topological polar surface area (TPSA) is 66.3 Å².